The molecule has 5 heteroatoms. The summed E-state index contributed by atoms with van der Waals surface area (Å²) in [6.07, 6.45) is 4.61. The fourth-order valence-electron chi connectivity index (χ4n) is 4.15. The molecule has 2 aromatic carbocycles. The molecular formula is C18H21NO3S. The van der Waals surface area contributed by atoms with Crippen molar-refractivity contribution in [2.45, 2.75) is 36.6 Å². The first-order valence-corrected chi connectivity index (χ1v) is 9.63. The number of fused-ring (bicyclic) bond motifs is 3. The van der Waals surface area contributed by atoms with Crippen LogP contribution in [-0.4, -0.2) is 21.6 Å². The SMILES string of the molecule is COc1ccc2cc(S(=O)(=O)N[C@@H]3C[C@H]4CC[C@H]3C4)ccc2c1. The van der Waals surface area contributed by atoms with E-state index in [1.165, 1.54) is 12.8 Å². The summed E-state index contributed by atoms with van der Waals surface area (Å²) in [5, 5.41) is 1.88. The molecule has 0 heterocycles. The van der Waals surface area contributed by atoms with Crippen molar-refractivity contribution in [3.63, 3.8) is 0 Å². The molecule has 2 aliphatic rings. The van der Waals surface area contributed by atoms with Gasteiger partial charge in [0.2, 0.25) is 10.0 Å². The molecule has 0 saturated heterocycles. The van der Waals surface area contributed by atoms with Crippen molar-refractivity contribution in [3.05, 3.63) is 36.4 Å². The Balaban J connectivity index is 1.62. The molecule has 2 aliphatic carbocycles. The number of hydrogen-bond donors (Lipinski definition) is 1. The Morgan fingerprint density at radius 1 is 1.04 bits per heavy atom. The van der Waals surface area contributed by atoms with Crippen molar-refractivity contribution in [1.82, 2.24) is 4.72 Å². The Hall–Kier alpha value is -1.59. The van der Waals surface area contributed by atoms with E-state index >= 15 is 0 Å². The average Bonchev–Trinajstić information content (AvgIpc) is 3.16. The zero-order valence-corrected chi connectivity index (χ0v) is 14.0. The van der Waals surface area contributed by atoms with Gasteiger partial charge in [-0.15, -0.1) is 0 Å². The Kier molecular flexibility index (Phi) is 3.58. The Morgan fingerprint density at radius 2 is 1.83 bits per heavy atom. The highest BCUT2D eigenvalue weighted by Crippen LogP contribution is 2.44. The molecule has 122 valence electrons. The fourth-order valence-corrected chi connectivity index (χ4v) is 5.51. The molecule has 0 aliphatic heterocycles. The molecule has 2 saturated carbocycles. The first-order valence-electron chi connectivity index (χ1n) is 8.15. The van der Waals surface area contributed by atoms with Crippen LogP contribution >= 0.6 is 0 Å². The summed E-state index contributed by atoms with van der Waals surface area (Å²) in [5.74, 6) is 2.02. The lowest BCUT2D eigenvalue weighted by Gasteiger charge is -2.22. The number of sulfonamides is 1. The summed E-state index contributed by atoms with van der Waals surface area (Å²) < 4.78 is 33.5. The molecule has 4 rings (SSSR count). The smallest absolute Gasteiger partial charge is 0.240 e. The van der Waals surface area contributed by atoms with Gasteiger partial charge in [-0.05, 0) is 66.1 Å². The molecule has 0 radical (unpaired) electrons. The highest BCUT2D eigenvalue weighted by molar-refractivity contribution is 7.89. The van der Waals surface area contributed by atoms with E-state index in [9.17, 15) is 8.42 Å². The van der Waals surface area contributed by atoms with Crippen LogP contribution in [0.1, 0.15) is 25.7 Å². The largest absolute Gasteiger partial charge is 0.497 e. The van der Waals surface area contributed by atoms with Crippen LogP contribution < -0.4 is 9.46 Å². The van der Waals surface area contributed by atoms with E-state index in [-0.39, 0.29) is 6.04 Å². The first-order chi connectivity index (χ1) is 11.0. The van der Waals surface area contributed by atoms with E-state index in [0.29, 0.717) is 10.8 Å². The second-order valence-electron chi connectivity index (χ2n) is 6.78. The van der Waals surface area contributed by atoms with Gasteiger partial charge in [-0.25, -0.2) is 13.1 Å². The lowest BCUT2D eigenvalue weighted by molar-refractivity contribution is 0.390. The van der Waals surface area contributed by atoms with Gasteiger partial charge in [0.15, 0.2) is 0 Å². The van der Waals surface area contributed by atoms with Crippen LogP contribution in [0.4, 0.5) is 0 Å². The van der Waals surface area contributed by atoms with E-state index in [4.69, 9.17) is 4.74 Å². The Bertz CT molecular complexity index is 846. The number of ether oxygens (including phenoxy) is 1. The van der Waals surface area contributed by atoms with Crippen LogP contribution in [0.15, 0.2) is 41.3 Å². The predicted molar refractivity (Wildman–Crippen MR) is 90.1 cm³/mol. The van der Waals surface area contributed by atoms with Crippen LogP contribution in [0.2, 0.25) is 0 Å². The molecule has 2 bridgehead atoms. The summed E-state index contributed by atoms with van der Waals surface area (Å²) in [5.41, 5.74) is 0. The highest BCUT2D eigenvalue weighted by Gasteiger charge is 2.41. The number of rotatable bonds is 4. The van der Waals surface area contributed by atoms with E-state index < -0.39 is 10.0 Å². The lowest BCUT2D eigenvalue weighted by Crippen LogP contribution is -2.38. The van der Waals surface area contributed by atoms with E-state index in [1.54, 1.807) is 19.2 Å². The number of hydrogen-bond acceptors (Lipinski definition) is 3. The first kappa shape index (κ1) is 15.0. The van der Waals surface area contributed by atoms with E-state index in [2.05, 4.69) is 4.72 Å². The minimum Gasteiger partial charge on any atom is -0.497 e. The molecule has 4 nitrogen and oxygen atoms in total. The molecule has 0 amide bonds. The molecule has 0 spiro atoms. The van der Waals surface area contributed by atoms with Gasteiger partial charge in [-0.1, -0.05) is 18.6 Å². The van der Waals surface area contributed by atoms with Crippen molar-refractivity contribution < 1.29 is 13.2 Å². The standard InChI is InChI=1S/C18H21NO3S/c1-22-16-6-4-14-11-17(7-5-13(14)10-16)23(20,21)19-18-9-12-2-3-15(18)8-12/h4-7,10-12,15,18-19H,2-3,8-9H2,1H3/t12-,15-,18+/m0/s1. The molecule has 1 N–H and O–H groups in total. The van der Waals surface area contributed by atoms with Gasteiger partial charge in [0.05, 0.1) is 12.0 Å². The monoisotopic (exact) mass is 331 g/mol. The Morgan fingerprint density at radius 3 is 2.52 bits per heavy atom. The average molecular weight is 331 g/mol. The molecular weight excluding hydrogens is 310 g/mol. The maximum Gasteiger partial charge on any atom is 0.240 e. The van der Waals surface area contributed by atoms with Gasteiger partial charge >= 0.3 is 0 Å². The third kappa shape index (κ3) is 2.72. The minimum absolute atomic E-state index is 0.116. The number of nitrogens with one attached hydrogen (secondary N) is 1. The van der Waals surface area contributed by atoms with Crippen molar-refractivity contribution in [2.75, 3.05) is 7.11 Å². The molecule has 0 aromatic heterocycles. The molecule has 23 heavy (non-hydrogen) atoms. The minimum atomic E-state index is -3.45. The second-order valence-corrected chi connectivity index (χ2v) is 8.49. The highest BCUT2D eigenvalue weighted by atomic mass is 32.2. The maximum atomic E-state index is 12.7. The van der Waals surface area contributed by atoms with Crippen molar-refractivity contribution in [2.24, 2.45) is 11.8 Å². The van der Waals surface area contributed by atoms with Gasteiger partial charge in [-0.2, -0.15) is 0 Å². The summed E-state index contributed by atoms with van der Waals surface area (Å²) in [7, 11) is -1.83. The predicted octanol–water partition coefficient (Wildman–Crippen LogP) is 3.32. The van der Waals surface area contributed by atoms with E-state index in [0.717, 1.165) is 35.3 Å². The summed E-state index contributed by atoms with van der Waals surface area (Å²) in [6, 6.07) is 11.0. The Labute approximate surface area is 136 Å². The third-order valence-corrected chi connectivity index (χ3v) is 6.86. The van der Waals surface area contributed by atoms with Crippen LogP contribution in [0.5, 0.6) is 5.75 Å². The van der Waals surface area contributed by atoms with Crippen LogP contribution in [-0.2, 0) is 10.0 Å². The van der Waals surface area contributed by atoms with Crippen molar-refractivity contribution >= 4 is 20.8 Å². The molecule has 3 atom stereocenters. The van der Waals surface area contributed by atoms with Gasteiger partial charge in [-0.3, -0.25) is 0 Å². The topological polar surface area (TPSA) is 55.4 Å². The third-order valence-electron chi connectivity index (χ3n) is 5.37. The van der Waals surface area contributed by atoms with E-state index in [1.807, 2.05) is 24.3 Å². The quantitative estimate of drug-likeness (QED) is 0.935. The zero-order valence-electron chi connectivity index (χ0n) is 13.2. The van der Waals surface area contributed by atoms with Crippen LogP contribution in [0.25, 0.3) is 10.8 Å². The van der Waals surface area contributed by atoms with Crippen LogP contribution in [0, 0.1) is 11.8 Å². The lowest BCUT2D eigenvalue weighted by atomic mass is 9.96. The maximum absolute atomic E-state index is 12.7. The number of methoxy groups -OCH3 is 1. The van der Waals surface area contributed by atoms with Crippen LogP contribution in [0.3, 0.4) is 0 Å². The fraction of sp³-hybridized carbons (Fsp3) is 0.444. The molecule has 2 fully saturated rings. The van der Waals surface area contributed by atoms with Crippen molar-refractivity contribution in [1.29, 1.82) is 0 Å². The van der Waals surface area contributed by atoms with Gasteiger partial charge in [0.1, 0.15) is 5.75 Å². The molecule has 0 unspecified atom stereocenters. The molecule has 2 aromatic rings. The van der Waals surface area contributed by atoms with Crippen molar-refractivity contribution in [3.8, 4) is 5.75 Å². The second kappa shape index (κ2) is 5.49. The van der Waals surface area contributed by atoms with Gasteiger partial charge in [0, 0.05) is 6.04 Å². The van der Waals surface area contributed by atoms with Gasteiger partial charge in [0.25, 0.3) is 0 Å². The zero-order chi connectivity index (χ0) is 16.0. The number of benzene rings is 2. The normalized spacial score (nSPS) is 26.7. The van der Waals surface area contributed by atoms with Gasteiger partial charge < -0.3 is 4.74 Å². The summed E-state index contributed by atoms with van der Waals surface area (Å²) in [4.78, 5) is 0.345. The summed E-state index contributed by atoms with van der Waals surface area (Å²) in [6.45, 7) is 0. The summed E-state index contributed by atoms with van der Waals surface area (Å²) >= 11 is 0.